The number of guanidine groups is 1. The maximum absolute atomic E-state index is 5.79. The number of benzene rings is 1. The fraction of sp³-hybridized carbons (Fsp3) is 0.571. The van der Waals surface area contributed by atoms with Gasteiger partial charge >= 0.3 is 0 Å². The largest absolute Gasteiger partial charge is 0.379 e. The van der Waals surface area contributed by atoms with Crippen LogP contribution in [0.3, 0.4) is 0 Å². The van der Waals surface area contributed by atoms with E-state index >= 15 is 0 Å². The Balaban J connectivity index is 0.00000280. The standard InChI is InChI=1S/C21H32N4O2.HI/c1-2-22-21(24-12-6-13-27-18-10-14-26-16-18)23-11-5-7-17-15-25-20-9-4-3-8-19(17)20;/h3-4,8-9,15,18,25H,2,5-7,10-14,16H2,1H3,(H2,22,23,24);1H. The Kier molecular flexibility index (Phi) is 10.7. The molecule has 0 amide bonds. The first kappa shape index (κ1) is 23.0. The van der Waals surface area contributed by atoms with Gasteiger partial charge in [0.05, 0.1) is 12.7 Å². The lowest BCUT2D eigenvalue weighted by molar-refractivity contribution is 0.0420. The van der Waals surface area contributed by atoms with Crippen molar-refractivity contribution in [1.29, 1.82) is 0 Å². The summed E-state index contributed by atoms with van der Waals surface area (Å²) in [6.07, 6.45) is 6.46. The van der Waals surface area contributed by atoms with Crippen LogP contribution in [0.25, 0.3) is 10.9 Å². The molecule has 1 aromatic heterocycles. The molecular formula is C21H33IN4O2. The summed E-state index contributed by atoms with van der Waals surface area (Å²) in [6, 6.07) is 8.45. The Morgan fingerprint density at radius 2 is 2.18 bits per heavy atom. The molecule has 1 fully saturated rings. The van der Waals surface area contributed by atoms with Crippen LogP contribution in [0.2, 0.25) is 0 Å². The van der Waals surface area contributed by atoms with Gasteiger partial charge in [0, 0.05) is 49.9 Å². The number of rotatable bonds is 10. The Morgan fingerprint density at radius 3 is 3.00 bits per heavy atom. The molecule has 0 bridgehead atoms. The quantitative estimate of drug-likeness (QED) is 0.202. The highest BCUT2D eigenvalue weighted by Gasteiger charge is 2.15. The van der Waals surface area contributed by atoms with E-state index in [9.17, 15) is 0 Å². The molecule has 28 heavy (non-hydrogen) atoms. The van der Waals surface area contributed by atoms with Gasteiger partial charge < -0.3 is 25.1 Å². The summed E-state index contributed by atoms with van der Waals surface area (Å²) in [5, 5.41) is 8.02. The maximum Gasteiger partial charge on any atom is 0.191 e. The van der Waals surface area contributed by atoms with Crippen molar-refractivity contribution in [3.63, 3.8) is 0 Å². The van der Waals surface area contributed by atoms with Crippen molar-refractivity contribution in [3.05, 3.63) is 36.0 Å². The number of aryl methyl sites for hydroxylation is 1. The van der Waals surface area contributed by atoms with Crippen molar-refractivity contribution in [2.24, 2.45) is 4.99 Å². The summed E-state index contributed by atoms with van der Waals surface area (Å²) >= 11 is 0. The van der Waals surface area contributed by atoms with Crippen molar-refractivity contribution in [3.8, 4) is 0 Å². The van der Waals surface area contributed by atoms with Crippen LogP contribution in [0.5, 0.6) is 0 Å². The molecule has 1 aliphatic heterocycles. The normalized spacial score (nSPS) is 16.9. The second kappa shape index (κ2) is 13.0. The zero-order valence-electron chi connectivity index (χ0n) is 16.7. The molecule has 1 aromatic carbocycles. The average molecular weight is 500 g/mol. The summed E-state index contributed by atoms with van der Waals surface area (Å²) in [4.78, 5) is 8.03. The van der Waals surface area contributed by atoms with Crippen molar-refractivity contribution in [2.75, 3.05) is 39.5 Å². The summed E-state index contributed by atoms with van der Waals surface area (Å²) in [5.41, 5.74) is 2.57. The fourth-order valence-electron chi connectivity index (χ4n) is 3.31. The molecule has 3 rings (SSSR count). The maximum atomic E-state index is 5.79. The van der Waals surface area contributed by atoms with Gasteiger partial charge in [-0.05, 0) is 44.2 Å². The van der Waals surface area contributed by atoms with Crippen LogP contribution in [-0.4, -0.2) is 56.5 Å². The minimum absolute atomic E-state index is 0. The molecule has 0 spiro atoms. The monoisotopic (exact) mass is 500 g/mol. The van der Waals surface area contributed by atoms with E-state index in [2.05, 4.69) is 53.0 Å². The van der Waals surface area contributed by atoms with E-state index in [1.54, 1.807) is 0 Å². The second-order valence-electron chi connectivity index (χ2n) is 6.86. The first-order valence-corrected chi connectivity index (χ1v) is 10.1. The lowest BCUT2D eigenvalue weighted by atomic mass is 10.1. The number of halogens is 1. The lowest BCUT2D eigenvalue weighted by Crippen LogP contribution is -2.38. The van der Waals surface area contributed by atoms with Gasteiger partial charge in [0.1, 0.15) is 0 Å². The van der Waals surface area contributed by atoms with Crippen molar-refractivity contribution in [1.82, 2.24) is 15.6 Å². The molecule has 0 aliphatic carbocycles. The van der Waals surface area contributed by atoms with Crippen molar-refractivity contribution < 1.29 is 9.47 Å². The molecule has 1 aliphatic rings. The van der Waals surface area contributed by atoms with Crippen LogP contribution < -0.4 is 10.6 Å². The smallest absolute Gasteiger partial charge is 0.191 e. The van der Waals surface area contributed by atoms with Gasteiger partial charge in [-0.25, -0.2) is 0 Å². The van der Waals surface area contributed by atoms with E-state index in [0.29, 0.717) is 0 Å². The summed E-state index contributed by atoms with van der Waals surface area (Å²) < 4.78 is 11.1. The van der Waals surface area contributed by atoms with Gasteiger partial charge in [0.2, 0.25) is 0 Å². The molecule has 6 nitrogen and oxygen atoms in total. The van der Waals surface area contributed by atoms with Crippen LogP contribution in [-0.2, 0) is 15.9 Å². The van der Waals surface area contributed by atoms with Crippen LogP contribution >= 0.6 is 24.0 Å². The Hall–Kier alpha value is -1.32. The first-order valence-electron chi connectivity index (χ1n) is 10.1. The van der Waals surface area contributed by atoms with Gasteiger partial charge in [0.15, 0.2) is 5.96 Å². The minimum Gasteiger partial charge on any atom is -0.379 e. The Bertz CT molecular complexity index is 713. The van der Waals surface area contributed by atoms with Crippen LogP contribution in [0.4, 0.5) is 0 Å². The van der Waals surface area contributed by atoms with Crippen molar-refractivity contribution in [2.45, 2.75) is 38.7 Å². The van der Waals surface area contributed by atoms with Gasteiger partial charge in [-0.3, -0.25) is 4.99 Å². The highest BCUT2D eigenvalue weighted by atomic mass is 127. The van der Waals surface area contributed by atoms with E-state index in [1.807, 2.05) is 0 Å². The summed E-state index contributed by atoms with van der Waals surface area (Å²) in [5.74, 6) is 0.889. The number of hydrogen-bond acceptors (Lipinski definition) is 3. The number of H-pyrrole nitrogens is 1. The van der Waals surface area contributed by atoms with E-state index in [1.165, 1.54) is 16.5 Å². The number of aromatic amines is 1. The molecule has 1 atom stereocenters. The third kappa shape index (κ3) is 7.25. The predicted molar refractivity (Wildman–Crippen MR) is 126 cm³/mol. The molecule has 2 heterocycles. The molecule has 3 N–H and O–H groups in total. The van der Waals surface area contributed by atoms with Gasteiger partial charge in [-0.1, -0.05) is 18.2 Å². The van der Waals surface area contributed by atoms with Crippen molar-refractivity contribution >= 4 is 40.8 Å². The first-order chi connectivity index (χ1) is 13.4. The summed E-state index contributed by atoms with van der Waals surface area (Å²) in [7, 11) is 0. The van der Waals surface area contributed by atoms with Crippen LogP contribution in [0, 0.1) is 0 Å². The van der Waals surface area contributed by atoms with E-state index in [-0.39, 0.29) is 30.1 Å². The Labute approximate surface area is 184 Å². The molecule has 1 saturated heterocycles. The number of para-hydroxylation sites is 1. The second-order valence-corrected chi connectivity index (χ2v) is 6.86. The number of aromatic nitrogens is 1. The molecule has 2 aromatic rings. The molecule has 0 saturated carbocycles. The molecular weight excluding hydrogens is 467 g/mol. The van der Waals surface area contributed by atoms with Crippen LogP contribution in [0.15, 0.2) is 35.5 Å². The minimum atomic E-state index is 0. The van der Waals surface area contributed by atoms with E-state index in [0.717, 1.165) is 71.1 Å². The third-order valence-corrected chi connectivity index (χ3v) is 4.75. The zero-order valence-corrected chi connectivity index (χ0v) is 19.0. The number of aliphatic imine (C=N–C) groups is 1. The highest BCUT2D eigenvalue weighted by Crippen LogP contribution is 2.18. The average Bonchev–Trinajstić information content (AvgIpc) is 3.35. The highest BCUT2D eigenvalue weighted by molar-refractivity contribution is 14.0. The number of fused-ring (bicyclic) bond motifs is 1. The fourth-order valence-corrected chi connectivity index (χ4v) is 3.31. The molecule has 7 heteroatoms. The molecule has 1 unspecified atom stereocenters. The predicted octanol–water partition coefficient (Wildman–Crippen LogP) is 3.47. The summed E-state index contributed by atoms with van der Waals surface area (Å²) in [6.45, 7) is 6.97. The number of nitrogens with one attached hydrogen (secondary N) is 3. The SMILES string of the molecule is CCNC(=NCCCc1c[nH]c2ccccc12)NCCCOC1CCOC1.I. The molecule has 156 valence electrons. The topological polar surface area (TPSA) is 70.7 Å². The number of hydrogen-bond donors (Lipinski definition) is 3. The number of nitrogens with zero attached hydrogens (tertiary/aromatic N) is 1. The Morgan fingerprint density at radius 1 is 1.29 bits per heavy atom. The number of ether oxygens (including phenoxy) is 2. The third-order valence-electron chi connectivity index (χ3n) is 4.75. The van der Waals surface area contributed by atoms with E-state index in [4.69, 9.17) is 14.5 Å². The van der Waals surface area contributed by atoms with Gasteiger partial charge in [-0.15, -0.1) is 24.0 Å². The van der Waals surface area contributed by atoms with Gasteiger partial charge in [-0.2, -0.15) is 0 Å². The lowest BCUT2D eigenvalue weighted by Gasteiger charge is -2.13. The van der Waals surface area contributed by atoms with Crippen LogP contribution in [0.1, 0.15) is 31.7 Å². The molecule has 0 radical (unpaired) electrons. The van der Waals surface area contributed by atoms with E-state index < -0.39 is 0 Å². The zero-order chi connectivity index (χ0) is 18.7. The van der Waals surface area contributed by atoms with Gasteiger partial charge in [0.25, 0.3) is 0 Å².